The van der Waals surface area contributed by atoms with E-state index in [-0.39, 0.29) is 11.4 Å². The van der Waals surface area contributed by atoms with Crippen molar-refractivity contribution in [2.45, 2.75) is 6.92 Å². The molecule has 16 heavy (non-hydrogen) atoms. The second-order valence-electron chi connectivity index (χ2n) is 3.27. The summed E-state index contributed by atoms with van der Waals surface area (Å²) in [4.78, 5) is 19.4. The van der Waals surface area contributed by atoms with Crippen LogP contribution in [0, 0.1) is 6.92 Å². The number of thiophene rings is 1. The van der Waals surface area contributed by atoms with Gasteiger partial charge in [-0.25, -0.2) is 9.97 Å². The van der Waals surface area contributed by atoms with Gasteiger partial charge in [0.15, 0.2) is 5.82 Å². The summed E-state index contributed by atoms with van der Waals surface area (Å²) in [6, 6.07) is 1.89. The highest BCUT2D eigenvalue weighted by Gasteiger charge is 2.14. The van der Waals surface area contributed by atoms with Crippen LogP contribution in [0.5, 0.6) is 0 Å². The van der Waals surface area contributed by atoms with Crippen molar-refractivity contribution >= 4 is 23.1 Å². The van der Waals surface area contributed by atoms with E-state index in [4.69, 9.17) is 11.5 Å². The van der Waals surface area contributed by atoms with Crippen molar-refractivity contribution in [2.24, 2.45) is 5.73 Å². The molecule has 2 rings (SSSR count). The first-order chi connectivity index (χ1) is 7.59. The van der Waals surface area contributed by atoms with Crippen LogP contribution in [0.1, 0.15) is 16.1 Å². The molecule has 0 aromatic carbocycles. The van der Waals surface area contributed by atoms with Gasteiger partial charge in [-0.1, -0.05) is 0 Å². The summed E-state index contributed by atoms with van der Waals surface area (Å²) in [5.74, 6) is 0.0364. The molecule has 0 saturated heterocycles. The number of carbonyl (C=O) groups excluding carboxylic acids is 1. The number of anilines is 1. The van der Waals surface area contributed by atoms with Gasteiger partial charge >= 0.3 is 0 Å². The van der Waals surface area contributed by atoms with Gasteiger partial charge in [0.05, 0.1) is 5.69 Å². The van der Waals surface area contributed by atoms with Gasteiger partial charge in [0.2, 0.25) is 0 Å². The van der Waals surface area contributed by atoms with Gasteiger partial charge in [0.25, 0.3) is 5.91 Å². The highest BCUT2D eigenvalue weighted by Crippen LogP contribution is 2.21. The minimum absolute atomic E-state index is 0.126. The standard InChI is InChI=1S/C10H10N4OS/c1-5-7(9(12)15)8(11)14-10(13-5)6-2-3-16-4-6/h2-4H,1H3,(H2,12,15)(H2,11,13,14). The highest BCUT2D eigenvalue weighted by atomic mass is 32.1. The number of carbonyl (C=O) groups is 1. The number of hydrogen-bond acceptors (Lipinski definition) is 5. The van der Waals surface area contributed by atoms with Crippen molar-refractivity contribution < 1.29 is 4.79 Å². The summed E-state index contributed by atoms with van der Waals surface area (Å²) in [6.07, 6.45) is 0. The van der Waals surface area contributed by atoms with Crippen molar-refractivity contribution in [1.82, 2.24) is 9.97 Å². The quantitative estimate of drug-likeness (QED) is 0.816. The van der Waals surface area contributed by atoms with Crippen LogP contribution in [0.2, 0.25) is 0 Å². The fourth-order valence-corrected chi connectivity index (χ4v) is 2.05. The molecule has 0 aliphatic rings. The molecule has 6 heteroatoms. The topological polar surface area (TPSA) is 94.9 Å². The number of aromatic nitrogens is 2. The molecule has 5 nitrogen and oxygen atoms in total. The zero-order valence-electron chi connectivity index (χ0n) is 8.60. The molecule has 0 bridgehead atoms. The minimum atomic E-state index is -0.605. The number of amides is 1. The van der Waals surface area contributed by atoms with Crippen molar-refractivity contribution in [3.8, 4) is 11.4 Å². The fraction of sp³-hybridized carbons (Fsp3) is 0.100. The first-order valence-electron chi connectivity index (χ1n) is 4.56. The summed E-state index contributed by atoms with van der Waals surface area (Å²) in [5.41, 5.74) is 12.4. The summed E-state index contributed by atoms with van der Waals surface area (Å²) in [6.45, 7) is 1.69. The lowest BCUT2D eigenvalue weighted by atomic mass is 10.2. The van der Waals surface area contributed by atoms with Crippen molar-refractivity contribution in [1.29, 1.82) is 0 Å². The van der Waals surface area contributed by atoms with E-state index in [9.17, 15) is 4.79 Å². The van der Waals surface area contributed by atoms with Crippen LogP contribution in [0.3, 0.4) is 0 Å². The lowest BCUT2D eigenvalue weighted by Crippen LogP contribution is -2.17. The number of rotatable bonds is 2. The molecule has 2 aromatic heterocycles. The van der Waals surface area contributed by atoms with Crippen LogP contribution < -0.4 is 11.5 Å². The molecule has 0 aliphatic heterocycles. The van der Waals surface area contributed by atoms with Gasteiger partial charge in [-0.3, -0.25) is 4.79 Å². The maximum Gasteiger partial charge on any atom is 0.254 e. The zero-order valence-corrected chi connectivity index (χ0v) is 9.41. The van der Waals surface area contributed by atoms with Crippen molar-refractivity contribution in [2.75, 3.05) is 5.73 Å². The molecule has 82 valence electrons. The third kappa shape index (κ3) is 1.74. The number of nitrogen functional groups attached to an aromatic ring is 1. The Hall–Kier alpha value is -1.95. The third-order valence-electron chi connectivity index (χ3n) is 2.14. The van der Waals surface area contributed by atoms with Crippen LogP contribution in [0.25, 0.3) is 11.4 Å². The summed E-state index contributed by atoms with van der Waals surface area (Å²) >= 11 is 1.54. The molecule has 0 aliphatic carbocycles. The van der Waals surface area contributed by atoms with Crippen molar-refractivity contribution in [3.05, 3.63) is 28.1 Å². The second kappa shape index (κ2) is 3.90. The number of nitrogens with zero attached hydrogens (tertiary/aromatic N) is 2. The Balaban J connectivity index is 2.58. The van der Waals surface area contributed by atoms with E-state index in [1.54, 1.807) is 18.3 Å². The van der Waals surface area contributed by atoms with Crippen molar-refractivity contribution in [3.63, 3.8) is 0 Å². The first kappa shape index (κ1) is 10.6. The second-order valence-corrected chi connectivity index (χ2v) is 4.05. The van der Waals surface area contributed by atoms with E-state index < -0.39 is 5.91 Å². The molecule has 0 unspecified atom stereocenters. The van der Waals surface area contributed by atoms with E-state index in [1.165, 1.54) is 0 Å². The van der Waals surface area contributed by atoms with Crippen LogP contribution in [0.4, 0.5) is 5.82 Å². The molecule has 0 saturated carbocycles. The lowest BCUT2D eigenvalue weighted by molar-refractivity contribution is 0.1000. The predicted molar refractivity (Wildman–Crippen MR) is 63.0 cm³/mol. The molecule has 2 heterocycles. The Morgan fingerprint density at radius 2 is 2.19 bits per heavy atom. The summed E-state index contributed by atoms with van der Waals surface area (Å²) < 4.78 is 0. The average Bonchev–Trinajstić information content (AvgIpc) is 2.67. The monoisotopic (exact) mass is 234 g/mol. The van der Waals surface area contributed by atoms with Gasteiger partial charge in [0, 0.05) is 10.9 Å². The maximum absolute atomic E-state index is 11.1. The molecule has 4 N–H and O–H groups in total. The molecule has 0 atom stereocenters. The molecule has 0 spiro atoms. The number of nitrogens with two attached hydrogens (primary N) is 2. The Kier molecular flexibility index (Phi) is 2.57. The van der Waals surface area contributed by atoms with Crippen LogP contribution in [-0.2, 0) is 0 Å². The Labute approximate surface area is 96.1 Å². The normalized spacial score (nSPS) is 10.3. The van der Waals surface area contributed by atoms with Crippen LogP contribution >= 0.6 is 11.3 Å². The largest absolute Gasteiger partial charge is 0.383 e. The molecule has 2 aromatic rings. The highest BCUT2D eigenvalue weighted by molar-refractivity contribution is 7.08. The molecular weight excluding hydrogens is 224 g/mol. The van der Waals surface area contributed by atoms with Crippen LogP contribution in [0.15, 0.2) is 16.8 Å². The molecular formula is C10H10N4OS. The van der Waals surface area contributed by atoms with E-state index in [2.05, 4.69) is 9.97 Å². The van der Waals surface area contributed by atoms with Gasteiger partial charge < -0.3 is 11.5 Å². The van der Waals surface area contributed by atoms with E-state index in [1.807, 2.05) is 16.8 Å². The van der Waals surface area contributed by atoms with E-state index in [0.29, 0.717) is 11.5 Å². The molecule has 1 amide bonds. The Morgan fingerprint density at radius 3 is 2.69 bits per heavy atom. The van der Waals surface area contributed by atoms with Gasteiger partial charge in [-0.05, 0) is 18.4 Å². The van der Waals surface area contributed by atoms with Crippen LogP contribution in [-0.4, -0.2) is 15.9 Å². The Morgan fingerprint density at radius 1 is 1.44 bits per heavy atom. The lowest BCUT2D eigenvalue weighted by Gasteiger charge is -2.06. The minimum Gasteiger partial charge on any atom is -0.383 e. The first-order valence-corrected chi connectivity index (χ1v) is 5.50. The van der Waals surface area contributed by atoms with Gasteiger partial charge in [-0.15, -0.1) is 0 Å². The number of hydrogen-bond donors (Lipinski definition) is 2. The summed E-state index contributed by atoms with van der Waals surface area (Å²) in [5, 5.41) is 3.84. The summed E-state index contributed by atoms with van der Waals surface area (Å²) in [7, 11) is 0. The zero-order chi connectivity index (χ0) is 11.7. The van der Waals surface area contributed by atoms with E-state index >= 15 is 0 Å². The smallest absolute Gasteiger partial charge is 0.254 e. The maximum atomic E-state index is 11.1. The third-order valence-corrected chi connectivity index (χ3v) is 2.83. The predicted octanol–water partition coefficient (Wildman–Crippen LogP) is 1.19. The number of primary amides is 1. The Bertz CT molecular complexity index is 513. The fourth-order valence-electron chi connectivity index (χ4n) is 1.42. The molecule has 0 fully saturated rings. The average molecular weight is 234 g/mol. The van der Waals surface area contributed by atoms with Gasteiger partial charge in [-0.2, -0.15) is 11.3 Å². The SMILES string of the molecule is Cc1nc(-c2ccsc2)nc(N)c1C(N)=O. The van der Waals surface area contributed by atoms with E-state index in [0.717, 1.165) is 5.56 Å². The number of aryl methyl sites for hydroxylation is 1. The molecule has 0 radical (unpaired) electrons. The van der Waals surface area contributed by atoms with Gasteiger partial charge in [0.1, 0.15) is 11.4 Å².